The van der Waals surface area contributed by atoms with E-state index in [2.05, 4.69) is 10.3 Å². The molecule has 0 atom stereocenters. The van der Waals surface area contributed by atoms with E-state index in [0.717, 1.165) is 5.56 Å². The van der Waals surface area contributed by atoms with Crippen LogP contribution in [0.3, 0.4) is 0 Å². The van der Waals surface area contributed by atoms with E-state index >= 15 is 0 Å². The molecule has 2 heterocycles. The summed E-state index contributed by atoms with van der Waals surface area (Å²) in [6.07, 6.45) is 0. The molecule has 1 aromatic heterocycles. The zero-order valence-corrected chi connectivity index (χ0v) is 16.1. The SMILES string of the molecule is O=C(Nc1ccccc1[N+](=O)[O-])c1cc(-c2ccc3c(c2)OCO3)nc2ccccc12. The van der Waals surface area contributed by atoms with E-state index in [4.69, 9.17) is 9.47 Å². The molecule has 1 N–H and O–H groups in total. The van der Waals surface area contributed by atoms with Gasteiger partial charge in [0.05, 0.1) is 21.7 Å². The summed E-state index contributed by atoms with van der Waals surface area (Å²) in [6, 6.07) is 20.4. The number of pyridine rings is 1. The Labute approximate surface area is 176 Å². The molecule has 0 bridgehead atoms. The maximum Gasteiger partial charge on any atom is 0.292 e. The number of fused-ring (bicyclic) bond motifs is 2. The third-order valence-electron chi connectivity index (χ3n) is 4.98. The summed E-state index contributed by atoms with van der Waals surface area (Å²) in [6.45, 7) is 0.160. The number of carbonyl (C=O) groups excluding carboxylic acids is 1. The van der Waals surface area contributed by atoms with E-state index in [1.54, 1.807) is 30.3 Å². The smallest absolute Gasteiger partial charge is 0.292 e. The number of benzene rings is 3. The van der Waals surface area contributed by atoms with Crippen LogP contribution in [0.5, 0.6) is 11.5 Å². The highest BCUT2D eigenvalue weighted by Gasteiger charge is 2.20. The Balaban J connectivity index is 1.60. The van der Waals surface area contributed by atoms with Crippen LogP contribution in [-0.4, -0.2) is 22.6 Å². The zero-order valence-electron chi connectivity index (χ0n) is 16.1. The second-order valence-electron chi connectivity index (χ2n) is 6.87. The quantitative estimate of drug-likeness (QED) is 0.381. The predicted octanol–water partition coefficient (Wildman–Crippen LogP) is 4.79. The number of hydrogen-bond donors (Lipinski definition) is 1. The standard InChI is InChI=1S/C23H15N3O5/c27-23(25-18-7-3-4-8-20(18)26(28)29)16-12-19(24-17-6-2-1-5-15(16)17)14-9-10-21-22(11-14)31-13-30-21/h1-12H,13H2,(H,25,27). The van der Waals surface area contributed by atoms with Crippen molar-refractivity contribution < 1.29 is 19.2 Å². The van der Waals surface area contributed by atoms with E-state index in [-0.39, 0.29) is 18.2 Å². The Bertz CT molecular complexity index is 1350. The molecule has 1 aliphatic rings. The molecule has 5 rings (SSSR count). The Morgan fingerprint density at radius 2 is 1.74 bits per heavy atom. The van der Waals surface area contributed by atoms with Crippen molar-refractivity contribution in [2.75, 3.05) is 12.1 Å². The first kappa shape index (κ1) is 18.6. The summed E-state index contributed by atoms with van der Waals surface area (Å²) in [5, 5.41) is 14.6. The first-order chi connectivity index (χ1) is 15.1. The van der Waals surface area contributed by atoms with Gasteiger partial charge in [-0.25, -0.2) is 4.98 Å². The molecule has 0 radical (unpaired) electrons. The third-order valence-corrected chi connectivity index (χ3v) is 4.98. The summed E-state index contributed by atoms with van der Waals surface area (Å²) < 4.78 is 10.8. The molecule has 8 nitrogen and oxygen atoms in total. The lowest BCUT2D eigenvalue weighted by Gasteiger charge is -2.11. The monoisotopic (exact) mass is 413 g/mol. The van der Waals surface area contributed by atoms with E-state index in [9.17, 15) is 14.9 Å². The van der Waals surface area contributed by atoms with Crippen molar-refractivity contribution in [3.8, 4) is 22.8 Å². The molecule has 4 aromatic rings. The van der Waals surface area contributed by atoms with E-state index in [1.807, 2.05) is 30.3 Å². The van der Waals surface area contributed by atoms with Gasteiger partial charge >= 0.3 is 0 Å². The topological polar surface area (TPSA) is 104 Å². The number of amides is 1. The fourth-order valence-corrected chi connectivity index (χ4v) is 3.50. The van der Waals surface area contributed by atoms with Crippen LogP contribution in [0.15, 0.2) is 72.8 Å². The number of hydrogen-bond acceptors (Lipinski definition) is 6. The third kappa shape index (κ3) is 3.40. The molecule has 0 unspecified atom stereocenters. The van der Waals surface area contributed by atoms with Gasteiger partial charge in [0.1, 0.15) is 5.69 Å². The molecule has 0 saturated heterocycles. The summed E-state index contributed by atoms with van der Waals surface area (Å²) in [7, 11) is 0. The van der Waals surface area contributed by atoms with Gasteiger partial charge in [0.2, 0.25) is 6.79 Å². The van der Waals surface area contributed by atoms with Crippen LogP contribution < -0.4 is 14.8 Å². The highest BCUT2D eigenvalue weighted by molar-refractivity contribution is 6.13. The van der Waals surface area contributed by atoms with Crippen LogP contribution in [0.2, 0.25) is 0 Å². The Kier molecular flexibility index (Phi) is 4.44. The molecule has 0 spiro atoms. The van der Waals surface area contributed by atoms with Crippen LogP contribution in [0.25, 0.3) is 22.2 Å². The highest BCUT2D eigenvalue weighted by Crippen LogP contribution is 2.36. The largest absolute Gasteiger partial charge is 0.454 e. The summed E-state index contributed by atoms with van der Waals surface area (Å²) in [5.41, 5.74) is 2.27. The highest BCUT2D eigenvalue weighted by atomic mass is 16.7. The maximum absolute atomic E-state index is 13.2. The van der Waals surface area contributed by atoms with Crippen LogP contribution in [0.4, 0.5) is 11.4 Å². The van der Waals surface area contributed by atoms with Crippen molar-refractivity contribution in [2.45, 2.75) is 0 Å². The fourth-order valence-electron chi connectivity index (χ4n) is 3.50. The first-order valence-corrected chi connectivity index (χ1v) is 9.45. The normalized spacial score (nSPS) is 12.0. The number of nitro groups is 1. The number of nitro benzene ring substituents is 1. The second kappa shape index (κ2) is 7.42. The number of nitrogens with zero attached hydrogens (tertiary/aromatic N) is 2. The molecular weight excluding hydrogens is 398 g/mol. The van der Waals surface area contributed by atoms with Gasteiger partial charge in [0.15, 0.2) is 11.5 Å². The first-order valence-electron chi connectivity index (χ1n) is 9.45. The van der Waals surface area contributed by atoms with Crippen molar-refractivity contribution in [1.29, 1.82) is 0 Å². The lowest BCUT2D eigenvalue weighted by atomic mass is 10.0. The van der Waals surface area contributed by atoms with E-state index in [0.29, 0.717) is 33.7 Å². The van der Waals surface area contributed by atoms with Crippen LogP contribution in [0, 0.1) is 10.1 Å². The fraction of sp³-hybridized carbons (Fsp3) is 0.0435. The van der Waals surface area contributed by atoms with Gasteiger partial charge in [-0.05, 0) is 36.4 Å². The Morgan fingerprint density at radius 1 is 0.968 bits per heavy atom. The summed E-state index contributed by atoms with van der Waals surface area (Å²) in [4.78, 5) is 28.6. The van der Waals surface area contributed by atoms with Crippen molar-refractivity contribution in [1.82, 2.24) is 4.98 Å². The molecule has 8 heteroatoms. The number of rotatable bonds is 4. The molecule has 152 valence electrons. The van der Waals surface area contributed by atoms with Gasteiger partial charge in [-0.2, -0.15) is 0 Å². The van der Waals surface area contributed by atoms with Crippen molar-refractivity contribution in [3.05, 3.63) is 88.5 Å². The summed E-state index contributed by atoms with van der Waals surface area (Å²) >= 11 is 0. The van der Waals surface area contributed by atoms with Crippen LogP contribution in [-0.2, 0) is 0 Å². The maximum atomic E-state index is 13.2. The molecular formula is C23H15N3O5. The van der Waals surface area contributed by atoms with Crippen LogP contribution >= 0.6 is 0 Å². The molecule has 3 aromatic carbocycles. The number of ether oxygens (including phenoxy) is 2. The molecule has 0 saturated carbocycles. The number of carbonyl (C=O) groups is 1. The van der Waals surface area contributed by atoms with Crippen molar-refractivity contribution in [2.24, 2.45) is 0 Å². The van der Waals surface area contributed by atoms with Gasteiger partial charge in [0.25, 0.3) is 11.6 Å². The number of para-hydroxylation sites is 3. The lowest BCUT2D eigenvalue weighted by Crippen LogP contribution is -2.14. The molecule has 0 aliphatic carbocycles. The number of aromatic nitrogens is 1. The zero-order chi connectivity index (χ0) is 21.4. The molecule has 1 amide bonds. The second-order valence-corrected chi connectivity index (χ2v) is 6.87. The van der Waals surface area contributed by atoms with Gasteiger partial charge in [0, 0.05) is 17.0 Å². The lowest BCUT2D eigenvalue weighted by molar-refractivity contribution is -0.383. The van der Waals surface area contributed by atoms with Gasteiger partial charge in [-0.3, -0.25) is 14.9 Å². The van der Waals surface area contributed by atoms with Crippen molar-refractivity contribution in [3.63, 3.8) is 0 Å². The average molecular weight is 413 g/mol. The molecule has 0 fully saturated rings. The van der Waals surface area contributed by atoms with E-state index in [1.165, 1.54) is 12.1 Å². The van der Waals surface area contributed by atoms with Crippen LogP contribution in [0.1, 0.15) is 10.4 Å². The minimum absolute atomic E-state index is 0.128. The molecule has 31 heavy (non-hydrogen) atoms. The minimum Gasteiger partial charge on any atom is -0.454 e. The van der Waals surface area contributed by atoms with E-state index < -0.39 is 10.8 Å². The Hall–Kier alpha value is -4.46. The predicted molar refractivity (Wildman–Crippen MR) is 114 cm³/mol. The summed E-state index contributed by atoms with van der Waals surface area (Å²) in [5.74, 6) is 0.798. The van der Waals surface area contributed by atoms with Gasteiger partial charge in [-0.15, -0.1) is 0 Å². The van der Waals surface area contributed by atoms with Gasteiger partial charge < -0.3 is 14.8 Å². The van der Waals surface area contributed by atoms with Gasteiger partial charge in [-0.1, -0.05) is 30.3 Å². The van der Waals surface area contributed by atoms with Crippen molar-refractivity contribution >= 4 is 28.2 Å². The Morgan fingerprint density at radius 3 is 2.61 bits per heavy atom. The minimum atomic E-state index is -0.529. The number of anilines is 1. The molecule has 1 aliphatic heterocycles. The average Bonchev–Trinajstić information content (AvgIpc) is 3.26. The number of nitrogens with one attached hydrogen (secondary N) is 1.